The molecule has 1 aromatic heterocycles. The molecule has 1 aliphatic rings. The Morgan fingerprint density at radius 2 is 2.22 bits per heavy atom. The summed E-state index contributed by atoms with van der Waals surface area (Å²) in [4.78, 5) is 44.1. The first kappa shape index (κ1) is 17.2. The van der Waals surface area contributed by atoms with Crippen molar-refractivity contribution in [2.45, 2.75) is 40.2 Å². The van der Waals surface area contributed by atoms with E-state index >= 15 is 0 Å². The number of aryl methyl sites for hydroxylation is 1. The second-order valence-corrected chi connectivity index (χ2v) is 6.48. The van der Waals surface area contributed by atoms with E-state index in [0.717, 1.165) is 0 Å². The molecule has 2 heterocycles. The van der Waals surface area contributed by atoms with E-state index < -0.39 is 0 Å². The number of hydrogen-bond acceptors (Lipinski definition) is 4. The predicted octanol–water partition coefficient (Wildman–Crippen LogP) is 0.589. The lowest BCUT2D eigenvalue weighted by molar-refractivity contribution is -0.138. The number of nitrogens with one attached hydrogen (secondary N) is 2. The predicted molar refractivity (Wildman–Crippen MR) is 85.6 cm³/mol. The average molecular weight is 320 g/mol. The minimum atomic E-state index is -0.229. The Morgan fingerprint density at radius 3 is 2.87 bits per heavy atom. The first-order valence-corrected chi connectivity index (χ1v) is 7.97. The van der Waals surface area contributed by atoms with Crippen molar-refractivity contribution in [3.63, 3.8) is 0 Å². The Balaban J connectivity index is 1.92. The van der Waals surface area contributed by atoms with E-state index in [1.54, 1.807) is 11.8 Å². The van der Waals surface area contributed by atoms with Crippen LogP contribution in [0.4, 0.5) is 0 Å². The molecule has 0 aliphatic carbocycles. The molecule has 23 heavy (non-hydrogen) atoms. The van der Waals surface area contributed by atoms with Gasteiger partial charge in [0.1, 0.15) is 5.82 Å². The monoisotopic (exact) mass is 320 g/mol. The summed E-state index contributed by atoms with van der Waals surface area (Å²) < 4.78 is 0. The quantitative estimate of drug-likeness (QED) is 0.830. The number of carbonyl (C=O) groups is 2. The molecule has 0 saturated carbocycles. The van der Waals surface area contributed by atoms with Crippen LogP contribution in [0.5, 0.6) is 0 Å². The molecule has 126 valence electrons. The number of hydrogen-bond donors (Lipinski definition) is 2. The van der Waals surface area contributed by atoms with E-state index in [1.165, 1.54) is 6.07 Å². The highest BCUT2D eigenvalue weighted by Crippen LogP contribution is 2.19. The first-order valence-electron chi connectivity index (χ1n) is 7.97. The molecule has 1 aromatic rings. The van der Waals surface area contributed by atoms with E-state index in [1.807, 2.05) is 0 Å². The lowest BCUT2D eigenvalue weighted by Crippen LogP contribution is -2.46. The van der Waals surface area contributed by atoms with Crippen LogP contribution in [0.3, 0.4) is 0 Å². The van der Waals surface area contributed by atoms with Crippen LogP contribution in [0.25, 0.3) is 0 Å². The smallest absolute Gasteiger partial charge is 0.251 e. The summed E-state index contributed by atoms with van der Waals surface area (Å²) in [6.45, 7) is 7.16. The first-order chi connectivity index (χ1) is 10.8. The fourth-order valence-corrected chi connectivity index (χ4v) is 2.79. The average Bonchev–Trinajstić information content (AvgIpc) is 2.45. The van der Waals surface area contributed by atoms with Gasteiger partial charge >= 0.3 is 0 Å². The summed E-state index contributed by atoms with van der Waals surface area (Å²) >= 11 is 0. The molecule has 0 unspecified atom stereocenters. The number of nitrogens with zero attached hydrogens (tertiary/aromatic N) is 2. The Kier molecular flexibility index (Phi) is 5.52. The minimum absolute atomic E-state index is 0.101. The number of aromatic nitrogens is 2. The second-order valence-electron chi connectivity index (χ2n) is 6.48. The molecular weight excluding hydrogens is 296 g/mol. The lowest BCUT2D eigenvalue weighted by Gasteiger charge is -2.33. The molecule has 0 bridgehead atoms. The number of piperidine rings is 1. The van der Waals surface area contributed by atoms with Gasteiger partial charge in [0.15, 0.2) is 0 Å². The number of aromatic amines is 1. The number of likely N-dealkylation sites (tertiary alicyclic amines) is 1. The molecule has 1 fully saturated rings. The highest BCUT2D eigenvalue weighted by molar-refractivity contribution is 5.83. The van der Waals surface area contributed by atoms with Crippen molar-refractivity contribution in [1.82, 2.24) is 20.2 Å². The van der Waals surface area contributed by atoms with Crippen LogP contribution >= 0.6 is 0 Å². The largest absolute Gasteiger partial charge is 0.349 e. The zero-order valence-electron chi connectivity index (χ0n) is 13.9. The van der Waals surface area contributed by atoms with Crippen LogP contribution in [-0.2, 0) is 16.1 Å². The summed E-state index contributed by atoms with van der Waals surface area (Å²) in [5.41, 5.74) is 0.387. The normalized spacial score (nSPS) is 18.3. The van der Waals surface area contributed by atoms with Crippen molar-refractivity contribution < 1.29 is 9.59 Å². The SMILES string of the molecule is Cc1cc(=O)[nH]c(CNC(=O)[C@H]2CCC(=O)N(CC(C)C)C2)n1. The molecule has 7 nitrogen and oxygen atoms in total. The molecular formula is C16H24N4O3. The van der Waals surface area contributed by atoms with Gasteiger partial charge in [-0.1, -0.05) is 13.8 Å². The third-order valence-corrected chi connectivity index (χ3v) is 3.81. The summed E-state index contributed by atoms with van der Waals surface area (Å²) in [7, 11) is 0. The third kappa shape index (κ3) is 4.91. The molecule has 7 heteroatoms. The van der Waals surface area contributed by atoms with Gasteiger partial charge in [0, 0.05) is 31.3 Å². The molecule has 0 spiro atoms. The summed E-state index contributed by atoms with van der Waals surface area (Å²) in [6.07, 6.45) is 0.974. The van der Waals surface area contributed by atoms with Crippen LogP contribution in [0.15, 0.2) is 10.9 Å². The van der Waals surface area contributed by atoms with Gasteiger partial charge in [-0.25, -0.2) is 4.98 Å². The van der Waals surface area contributed by atoms with Crippen LogP contribution in [0.1, 0.15) is 38.2 Å². The molecule has 2 N–H and O–H groups in total. The Hall–Kier alpha value is -2.18. The fraction of sp³-hybridized carbons (Fsp3) is 0.625. The van der Waals surface area contributed by atoms with Crippen molar-refractivity contribution >= 4 is 11.8 Å². The zero-order chi connectivity index (χ0) is 17.0. The van der Waals surface area contributed by atoms with Gasteiger partial charge in [-0.2, -0.15) is 0 Å². The van der Waals surface area contributed by atoms with Gasteiger partial charge in [0.25, 0.3) is 5.56 Å². The van der Waals surface area contributed by atoms with E-state index in [2.05, 4.69) is 29.1 Å². The summed E-state index contributed by atoms with van der Waals surface area (Å²) in [5.74, 6) is 0.627. The van der Waals surface area contributed by atoms with E-state index in [9.17, 15) is 14.4 Å². The molecule has 0 radical (unpaired) electrons. The van der Waals surface area contributed by atoms with Gasteiger partial charge in [0.05, 0.1) is 12.5 Å². The van der Waals surface area contributed by atoms with E-state index in [4.69, 9.17) is 0 Å². The number of rotatable bonds is 5. The Morgan fingerprint density at radius 1 is 1.48 bits per heavy atom. The molecule has 2 amide bonds. The van der Waals surface area contributed by atoms with Crippen molar-refractivity contribution in [2.75, 3.05) is 13.1 Å². The number of H-pyrrole nitrogens is 1. The summed E-state index contributed by atoms with van der Waals surface area (Å²) in [6, 6.07) is 1.40. The van der Waals surface area contributed by atoms with E-state index in [0.29, 0.717) is 43.4 Å². The zero-order valence-corrected chi connectivity index (χ0v) is 13.9. The van der Waals surface area contributed by atoms with Gasteiger partial charge in [0.2, 0.25) is 11.8 Å². The van der Waals surface area contributed by atoms with Crippen molar-refractivity contribution in [3.05, 3.63) is 27.9 Å². The topological polar surface area (TPSA) is 95.2 Å². The van der Waals surface area contributed by atoms with Crippen molar-refractivity contribution in [1.29, 1.82) is 0 Å². The molecule has 1 aliphatic heterocycles. The van der Waals surface area contributed by atoms with Gasteiger partial charge < -0.3 is 15.2 Å². The van der Waals surface area contributed by atoms with Gasteiger partial charge in [-0.3, -0.25) is 14.4 Å². The van der Waals surface area contributed by atoms with E-state index in [-0.39, 0.29) is 29.8 Å². The molecule has 1 atom stereocenters. The van der Waals surface area contributed by atoms with Crippen LogP contribution in [0.2, 0.25) is 0 Å². The highest BCUT2D eigenvalue weighted by Gasteiger charge is 2.30. The maximum atomic E-state index is 12.3. The molecule has 1 saturated heterocycles. The number of amides is 2. The fourth-order valence-electron chi connectivity index (χ4n) is 2.79. The van der Waals surface area contributed by atoms with Crippen LogP contribution < -0.4 is 10.9 Å². The van der Waals surface area contributed by atoms with Gasteiger partial charge in [-0.15, -0.1) is 0 Å². The van der Waals surface area contributed by atoms with Crippen LogP contribution in [-0.4, -0.2) is 39.8 Å². The Bertz CT molecular complexity index is 638. The Labute approximate surface area is 135 Å². The second kappa shape index (κ2) is 7.39. The van der Waals surface area contributed by atoms with Crippen molar-refractivity contribution in [2.24, 2.45) is 11.8 Å². The minimum Gasteiger partial charge on any atom is -0.349 e. The maximum absolute atomic E-state index is 12.3. The number of carbonyl (C=O) groups excluding carboxylic acids is 2. The summed E-state index contributed by atoms with van der Waals surface area (Å²) in [5, 5.41) is 2.80. The van der Waals surface area contributed by atoms with Crippen LogP contribution in [0, 0.1) is 18.8 Å². The third-order valence-electron chi connectivity index (χ3n) is 3.81. The molecule has 2 rings (SSSR count). The van der Waals surface area contributed by atoms with Gasteiger partial charge in [-0.05, 0) is 19.3 Å². The maximum Gasteiger partial charge on any atom is 0.251 e. The molecule has 0 aromatic carbocycles. The lowest BCUT2D eigenvalue weighted by atomic mass is 9.96. The van der Waals surface area contributed by atoms with Crippen molar-refractivity contribution in [3.8, 4) is 0 Å². The standard InChI is InChI=1S/C16H24N4O3/c1-10(2)8-20-9-12(4-5-15(20)22)16(23)17-7-13-18-11(3)6-14(21)19-13/h6,10,12H,4-5,7-9H2,1-3H3,(H,17,23)(H,18,19,21)/t12-/m0/s1. The highest BCUT2D eigenvalue weighted by atomic mass is 16.2.